The lowest BCUT2D eigenvalue weighted by molar-refractivity contribution is 0.102. The van der Waals surface area contributed by atoms with E-state index < -0.39 is 15.9 Å². The highest BCUT2D eigenvalue weighted by Crippen LogP contribution is 2.30. The van der Waals surface area contributed by atoms with E-state index in [1.165, 1.54) is 44.6 Å². The Labute approximate surface area is 180 Å². The fourth-order valence-corrected chi connectivity index (χ4v) is 3.82. The first-order chi connectivity index (χ1) is 14.7. The third-order valence-electron chi connectivity index (χ3n) is 4.23. The van der Waals surface area contributed by atoms with Crippen molar-refractivity contribution in [2.24, 2.45) is 0 Å². The molecule has 3 aromatic rings. The van der Waals surface area contributed by atoms with Crippen molar-refractivity contribution in [1.29, 1.82) is 0 Å². The lowest BCUT2D eigenvalue weighted by atomic mass is 10.1. The molecule has 3 rings (SSSR count). The minimum Gasteiger partial charge on any atom is -0.496 e. The van der Waals surface area contributed by atoms with Crippen LogP contribution in [0.2, 0.25) is 0 Å². The van der Waals surface area contributed by atoms with Gasteiger partial charge in [0, 0.05) is 17.2 Å². The van der Waals surface area contributed by atoms with Gasteiger partial charge in [-0.15, -0.1) is 0 Å². The quantitative estimate of drug-likeness (QED) is 0.592. The predicted octanol–water partition coefficient (Wildman–Crippen LogP) is 3.76. The zero-order valence-corrected chi connectivity index (χ0v) is 18.2. The van der Waals surface area contributed by atoms with Crippen molar-refractivity contribution >= 4 is 27.4 Å². The molecule has 0 aliphatic heterocycles. The smallest absolute Gasteiger partial charge is 0.263 e. The van der Waals surface area contributed by atoms with Gasteiger partial charge < -0.3 is 24.5 Å². The molecule has 0 aliphatic carbocycles. The van der Waals surface area contributed by atoms with Gasteiger partial charge in [0.05, 0.1) is 19.1 Å². The molecule has 0 saturated heterocycles. The molecule has 0 spiro atoms. The van der Waals surface area contributed by atoms with E-state index in [-0.39, 0.29) is 16.3 Å². The summed E-state index contributed by atoms with van der Waals surface area (Å²) in [4.78, 5) is 20.8. The van der Waals surface area contributed by atoms with Crippen LogP contribution in [0.25, 0.3) is 4.72 Å². The number of aromatic nitrogens is 2. The van der Waals surface area contributed by atoms with E-state index in [1.807, 2.05) is 0 Å². The molecular weight excluding hydrogens is 420 g/mol. The van der Waals surface area contributed by atoms with Gasteiger partial charge in [-0.2, -0.15) is 0 Å². The summed E-state index contributed by atoms with van der Waals surface area (Å²) < 4.78 is 39.4. The summed E-state index contributed by atoms with van der Waals surface area (Å²) >= 11 is 0. The highest BCUT2D eigenvalue weighted by molar-refractivity contribution is 7.94. The van der Waals surface area contributed by atoms with Crippen molar-refractivity contribution in [2.75, 3.05) is 19.5 Å². The van der Waals surface area contributed by atoms with E-state index in [2.05, 4.69) is 20.0 Å². The number of aryl methyl sites for hydroxylation is 2. The van der Waals surface area contributed by atoms with Crippen LogP contribution < -0.4 is 14.8 Å². The SMILES string of the molecule is COc1cccc(OC)c1C(=O)Nc1ccc(S(=O)(=O)[N-]c2cc(C)nc(C)n2)cc1. The van der Waals surface area contributed by atoms with Gasteiger partial charge in [-0.1, -0.05) is 6.07 Å². The zero-order valence-electron chi connectivity index (χ0n) is 17.4. The molecule has 1 aromatic heterocycles. The van der Waals surface area contributed by atoms with Crippen LogP contribution in [-0.4, -0.2) is 38.5 Å². The number of rotatable bonds is 7. The molecule has 0 radical (unpaired) electrons. The Kier molecular flexibility index (Phi) is 6.40. The number of ether oxygens (including phenoxy) is 2. The largest absolute Gasteiger partial charge is 0.496 e. The van der Waals surface area contributed by atoms with Gasteiger partial charge in [-0.3, -0.25) is 9.78 Å². The molecule has 9 nitrogen and oxygen atoms in total. The lowest BCUT2D eigenvalue weighted by Gasteiger charge is -2.17. The molecule has 2 aromatic carbocycles. The molecular formula is C21H21N4O5S-. The molecule has 0 atom stereocenters. The minimum absolute atomic E-state index is 0.0331. The predicted molar refractivity (Wildman–Crippen MR) is 116 cm³/mol. The maximum absolute atomic E-state index is 12.7. The van der Waals surface area contributed by atoms with Crippen LogP contribution in [0.3, 0.4) is 0 Å². The minimum atomic E-state index is -3.98. The van der Waals surface area contributed by atoms with Gasteiger partial charge in [-0.25, -0.2) is 8.42 Å². The Morgan fingerprint density at radius 2 is 1.58 bits per heavy atom. The molecule has 162 valence electrons. The molecule has 0 saturated carbocycles. The number of benzene rings is 2. The second kappa shape index (κ2) is 9.00. The van der Waals surface area contributed by atoms with Gasteiger partial charge in [0.2, 0.25) is 10.0 Å². The molecule has 10 heteroatoms. The molecule has 0 unspecified atom stereocenters. The normalized spacial score (nSPS) is 11.0. The zero-order chi connectivity index (χ0) is 22.6. The number of amides is 1. The number of carbonyl (C=O) groups excluding carboxylic acids is 1. The average molecular weight is 441 g/mol. The number of nitrogens with one attached hydrogen (secondary N) is 1. The van der Waals surface area contributed by atoms with Crippen molar-refractivity contribution in [3.05, 3.63) is 70.3 Å². The summed E-state index contributed by atoms with van der Waals surface area (Å²) in [6.07, 6.45) is 0. The van der Waals surface area contributed by atoms with Gasteiger partial charge >= 0.3 is 0 Å². The van der Waals surface area contributed by atoms with E-state index in [9.17, 15) is 13.2 Å². The Balaban J connectivity index is 1.79. The molecule has 1 amide bonds. The first-order valence-electron chi connectivity index (χ1n) is 9.16. The van der Waals surface area contributed by atoms with E-state index in [0.29, 0.717) is 28.7 Å². The number of hydrogen-bond donors (Lipinski definition) is 1. The Bertz CT molecular complexity index is 1170. The van der Waals surface area contributed by atoms with Crippen LogP contribution in [0, 0.1) is 13.8 Å². The van der Waals surface area contributed by atoms with Crippen LogP contribution in [0.15, 0.2) is 53.4 Å². The summed E-state index contributed by atoms with van der Waals surface area (Å²) in [5.74, 6) is 0.738. The van der Waals surface area contributed by atoms with Crippen LogP contribution >= 0.6 is 0 Å². The summed E-state index contributed by atoms with van der Waals surface area (Å²) in [6, 6.07) is 12.1. The lowest BCUT2D eigenvalue weighted by Crippen LogP contribution is -2.14. The van der Waals surface area contributed by atoms with Crippen LogP contribution in [0.5, 0.6) is 11.5 Å². The van der Waals surface area contributed by atoms with Crippen molar-refractivity contribution in [3.8, 4) is 11.5 Å². The fraction of sp³-hybridized carbons (Fsp3) is 0.190. The van der Waals surface area contributed by atoms with E-state index in [0.717, 1.165) is 0 Å². The summed E-state index contributed by atoms with van der Waals surface area (Å²) in [5.41, 5.74) is 1.24. The third kappa shape index (κ3) is 5.10. The number of hydrogen-bond acceptors (Lipinski definition) is 7. The maximum atomic E-state index is 12.7. The summed E-state index contributed by atoms with van der Waals surface area (Å²) in [6.45, 7) is 3.39. The monoisotopic (exact) mass is 441 g/mol. The third-order valence-corrected chi connectivity index (χ3v) is 5.53. The second-order valence-corrected chi connectivity index (χ2v) is 8.10. The van der Waals surface area contributed by atoms with E-state index in [4.69, 9.17) is 9.47 Å². The molecule has 31 heavy (non-hydrogen) atoms. The van der Waals surface area contributed by atoms with Crippen LogP contribution in [0.1, 0.15) is 21.9 Å². The van der Waals surface area contributed by atoms with E-state index >= 15 is 0 Å². The van der Waals surface area contributed by atoms with Crippen LogP contribution in [0.4, 0.5) is 11.5 Å². The van der Waals surface area contributed by atoms with Crippen molar-refractivity contribution in [1.82, 2.24) is 9.97 Å². The number of methoxy groups -OCH3 is 2. The highest BCUT2D eigenvalue weighted by atomic mass is 32.2. The fourth-order valence-electron chi connectivity index (χ4n) is 2.90. The Morgan fingerprint density at radius 1 is 0.968 bits per heavy atom. The van der Waals surface area contributed by atoms with Crippen LogP contribution in [-0.2, 0) is 10.0 Å². The molecule has 0 fully saturated rings. The van der Waals surface area contributed by atoms with Crippen molar-refractivity contribution in [2.45, 2.75) is 18.7 Å². The number of nitrogens with zero attached hydrogens (tertiary/aromatic N) is 3. The van der Waals surface area contributed by atoms with Gasteiger partial charge in [-0.05, 0) is 62.1 Å². The van der Waals surface area contributed by atoms with Gasteiger partial charge in [0.25, 0.3) is 5.91 Å². The number of anilines is 1. The summed E-state index contributed by atoms with van der Waals surface area (Å²) in [7, 11) is -1.08. The van der Waals surface area contributed by atoms with Crippen molar-refractivity contribution in [3.63, 3.8) is 0 Å². The Hall–Kier alpha value is -3.66. The molecule has 0 aliphatic rings. The molecule has 1 N–H and O–H groups in total. The number of carbonyl (C=O) groups is 1. The van der Waals surface area contributed by atoms with E-state index in [1.54, 1.807) is 32.0 Å². The maximum Gasteiger partial charge on any atom is 0.263 e. The Morgan fingerprint density at radius 3 is 2.13 bits per heavy atom. The highest BCUT2D eigenvalue weighted by Gasteiger charge is 2.18. The van der Waals surface area contributed by atoms with Gasteiger partial charge in [0.1, 0.15) is 17.1 Å². The summed E-state index contributed by atoms with van der Waals surface area (Å²) in [5, 5.41) is 2.71. The first-order valence-corrected chi connectivity index (χ1v) is 10.6. The molecule has 0 bridgehead atoms. The average Bonchev–Trinajstić information content (AvgIpc) is 2.72. The van der Waals surface area contributed by atoms with Gasteiger partial charge in [0.15, 0.2) is 0 Å². The molecule has 1 heterocycles. The topological polar surface area (TPSA) is 122 Å². The second-order valence-electron chi connectivity index (χ2n) is 6.50. The number of sulfonamides is 1. The van der Waals surface area contributed by atoms with Crippen molar-refractivity contribution < 1.29 is 22.7 Å². The first kappa shape index (κ1) is 22.0. The standard InChI is InChI=1S/C21H22N4O5S/c1-13-12-19(23-14(2)22-13)25-31(27,28)16-10-8-15(9-11-16)24-21(26)20-17(29-3)6-5-7-18(20)30-4/h5-12H,1-4H3,(H2,22,23,24,25,26)/p-1.